The van der Waals surface area contributed by atoms with Crippen LogP contribution in [0.2, 0.25) is 0 Å². The highest BCUT2D eigenvalue weighted by Gasteiger charge is 2.26. The third kappa shape index (κ3) is 4.66. The van der Waals surface area contributed by atoms with Gasteiger partial charge in [0.25, 0.3) is 0 Å². The molecule has 0 saturated carbocycles. The number of carbonyl (C=O) groups excluding carboxylic acids is 2. The third-order valence-electron chi connectivity index (χ3n) is 2.85. The first-order chi connectivity index (χ1) is 9.45. The highest BCUT2D eigenvalue weighted by molar-refractivity contribution is 5.87. The first-order valence-corrected chi connectivity index (χ1v) is 6.57. The molecule has 0 saturated heterocycles. The molecule has 0 aromatic heterocycles. The summed E-state index contributed by atoms with van der Waals surface area (Å²) >= 11 is 0. The van der Waals surface area contributed by atoms with E-state index in [0.717, 1.165) is 0 Å². The van der Waals surface area contributed by atoms with Crippen molar-refractivity contribution in [2.75, 3.05) is 7.11 Å². The van der Waals surface area contributed by atoms with Gasteiger partial charge in [0, 0.05) is 0 Å². The first kappa shape index (κ1) is 16.2. The van der Waals surface area contributed by atoms with Crippen molar-refractivity contribution < 1.29 is 19.4 Å². The SMILES string of the molecule is COC(=O)[C@@H](NC(=O)[C@@H](O)CC(C)C)c1ccccc1. The number of aliphatic hydroxyl groups excluding tert-OH is 1. The molecule has 0 aliphatic carbocycles. The van der Waals surface area contributed by atoms with E-state index in [0.29, 0.717) is 12.0 Å². The standard InChI is InChI=1S/C15H21NO4/c1-10(2)9-12(17)14(18)16-13(15(19)20-3)11-7-5-4-6-8-11/h4-8,10,12-13,17H,9H2,1-3H3,(H,16,18)/t12-,13-/m0/s1. The van der Waals surface area contributed by atoms with Gasteiger partial charge in [-0.05, 0) is 17.9 Å². The van der Waals surface area contributed by atoms with Crippen LogP contribution in [0, 0.1) is 5.92 Å². The van der Waals surface area contributed by atoms with Crippen molar-refractivity contribution in [1.29, 1.82) is 0 Å². The number of carbonyl (C=O) groups is 2. The van der Waals surface area contributed by atoms with Crippen LogP contribution in [-0.4, -0.2) is 30.2 Å². The molecule has 0 bridgehead atoms. The maximum absolute atomic E-state index is 11.9. The van der Waals surface area contributed by atoms with Gasteiger partial charge in [-0.1, -0.05) is 44.2 Å². The molecule has 0 spiro atoms. The van der Waals surface area contributed by atoms with Crippen LogP contribution in [0.5, 0.6) is 0 Å². The van der Waals surface area contributed by atoms with Gasteiger partial charge in [-0.15, -0.1) is 0 Å². The summed E-state index contributed by atoms with van der Waals surface area (Å²) in [6.45, 7) is 3.82. The molecule has 5 nitrogen and oxygen atoms in total. The largest absolute Gasteiger partial charge is 0.467 e. The van der Waals surface area contributed by atoms with Crippen molar-refractivity contribution in [3.05, 3.63) is 35.9 Å². The van der Waals surface area contributed by atoms with Gasteiger partial charge in [-0.25, -0.2) is 4.79 Å². The molecule has 5 heteroatoms. The van der Waals surface area contributed by atoms with Crippen LogP contribution < -0.4 is 5.32 Å². The topological polar surface area (TPSA) is 75.6 Å². The Labute approximate surface area is 118 Å². The van der Waals surface area contributed by atoms with Gasteiger partial charge in [0.15, 0.2) is 6.04 Å². The van der Waals surface area contributed by atoms with Crippen LogP contribution in [0.4, 0.5) is 0 Å². The number of nitrogens with one attached hydrogen (secondary N) is 1. The maximum atomic E-state index is 11.9. The zero-order valence-corrected chi connectivity index (χ0v) is 12.0. The number of amides is 1. The van der Waals surface area contributed by atoms with E-state index in [1.165, 1.54) is 7.11 Å². The molecule has 110 valence electrons. The van der Waals surface area contributed by atoms with E-state index < -0.39 is 24.0 Å². The predicted molar refractivity (Wildman–Crippen MR) is 74.8 cm³/mol. The highest BCUT2D eigenvalue weighted by Crippen LogP contribution is 2.15. The van der Waals surface area contributed by atoms with E-state index in [9.17, 15) is 14.7 Å². The molecule has 20 heavy (non-hydrogen) atoms. The number of methoxy groups -OCH3 is 1. The lowest BCUT2D eigenvalue weighted by molar-refractivity contribution is -0.146. The predicted octanol–water partition coefficient (Wildman–Crippen LogP) is 1.42. The van der Waals surface area contributed by atoms with Gasteiger partial charge in [0.2, 0.25) is 5.91 Å². The minimum Gasteiger partial charge on any atom is -0.467 e. The van der Waals surface area contributed by atoms with Gasteiger partial charge >= 0.3 is 5.97 Å². The van der Waals surface area contributed by atoms with Crippen LogP contribution in [0.3, 0.4) is 0 Å². The normalized spacial score (nSPS) is 13.7. The van der Waals surface area contributed by atoms with Crippen molar-refractivity contribution in [3.8, 4) is 0 Å². The quantitative estimate of drug-likeness (QED) is 0.772. The number of esters is 1. The number of aliphatic hydroxyl groups is 1. The van der Waals surface area contributed by atoms with Crippen molar-refractivity contribution in [2.45, 2.75) is 32.4 Å². The molecule has 0 unspecified atom stereocenters. The average molecular weight is 279 g/mol. The Kier molecular flexibility index (Phi) is 6.18. The molecule has 1 rings (SSSR count). The second-order valence-corrected chi connectivity index (χ2v) is 5.02. The van der Waals surface area contributed by atoms with Crippen LogP contribution in [0.1, 0.15) is 31.9 Å². The summed E-state index contributed by atoms with van der Waals surface area (Å²) < 4.78 is 4.69. The summed E-state index contributed by atoms with van der Waals surface area (Å²) in [6, 6.07) is 7.88. The van der Waals surface area contributed by atoms with Crippen LogP contribution in [0.15, 0.2) is 30.3 Å². The van der Waals surface area contributed by atoms with Crippen LogP contribution in [0.25, 0.3) is 0 Å². The molecular weight excluding hydrogens is 258 g/mol. The molecule has 0 radical (unpaired) electrons. The van der Waals surface area contributed by atoms with E-state index in [1.807, 2.05) is 19.9 Å². The molecule has 0 fully saturated rings. The number of benzene rings is 1. The molecule has 2 N–H and O–H groups in total. The van der Waals surface area contributed by atoms with Gasteiger partial charge in [-0.3, -0.25) is 4.79 Å². The number of hydrogen-bond donors (Lipinski definition) is 2. The number of hydrogen-bond acceptors (Lipinski definition) is 4. The zero-order valence-electron chi connectivity index (χ0n) is 12.0. The Morgan fingerprint density at radius 1 is 1.25 bits per heavy atom. The van der Waals surface area contributed by atoms with Crippen molar-refractivity contribution >= 4 is 11.9 Å². The van der Waals surface area contributed by atoms with Crippen molar-refractivity contribution in [3.63, 3.8) is 0 Å². The lowest BCUT2D eigenvalue weighted by Gasteiger charge is -2.19. The molecule has 1 aromatic carbocycles. The summed E-state index contributed by atoms with van der Waals surface area (Å²) in [5.41, 5.74) is 0.615. The lowest BCUT2D eigenvalue weighted by Crippen LogP contribution is -2.41. The van der Waals surface area contributed by atoms with E-state index in [-0.39, 0.29) is 5.92 Å². The smallest absolute Gasteiger partial charge is 0.333 e. The highest BCUT2D eigenvalue weighted by atomic mass is 16.5. The van der Waals surface area contributed by atoms with E-state index in [4.69, 9.17) is 4.74 Å². The Hall–Kier alpha value is -1.88. The van der Waals surface area contributed by atoms with E-state index in [2.05, 4.69) is 5.32 Å². The van der Waals surface area contributed by atoms with Gasteiger partial charge < -0.3 is 15.2 Å². The fourth-order valence-corrected chi connectivity index (χ4v) is 1.83. The Balaban J connectivity index is 2.81. The molecule has 0 aliphatic rings. The minimum absolute atomic E-state index is 0.184. The van der Waals surface area contributed by atoms with Crippen LogP contribution in [-0.2, 0) is 14.3 Å². The van der Waals surface area contributed by atoms with Gasteiger partial charge in [-0.2, -0.15) is 0 Å². The lowest BCUT2D eigenvalue weighted by atomic mass is 10.0. The number of ether oxygens (including phenoxy) is 1. The monoisotopic (exact) mass is 279 g/mol. The van der Waals surface area contributed by atoms with Crippen molar-refractivity contribution in [2.24, 2.45) is 5.92 Å². The fraction of sp³-hybridized carbons (Fsp3) is 0.467. The van der Waals surface area contributed by atoms with E-state index in [1.54, 1.807) is 24.3 Å². The second-order valence-electron chi connectivity index (χ2n) is 5.02. The first-order valence-electron chi connectivity index (χ1n) is 6.57. The van der Waals surface area contributed by atoms with Crippen molar-refractivity contribution in [1.82, 2.24) is 5.32 Å². The Morgan fingerprint density at radius 2 is 1.85 bits per heavy atom. The summed E-state index contributed by atoms with van der Waals surface area (Å²) in [7, 11) is 1.26. The zero-order chi connectivity index (χ0) is 15.1. The molecule has 1 aromatic rings. The molecule has 2 atom stereocenters. The summed E-state index contributed by atoms with van der Waals surface area (Å²) in [6.07, 6.45) is -0.792. The summed E-state index contributed by atoms with van der Waals surface area (Å²) in [4.78, 5) is 23.7. The van der Waals surface area contributed by atoms with E-state index >= 15 is 0 Å². The fourth-order valence-electron chi connectivity index (χ4n) is 1.83. The minimum atomic E-state index is -1.13. The van der Waals surface area contributed by atoms with Gasteiger partial charge in [0.05, 0.1) is 7.11 Å². The molecule has 0 heterocycles. The molecule has 0 aliphatic heterocycles. The molecule has 1 amide bonds. The van der Waals surface area contributed by atoms with Gasteiger partial charge in [0.1, 0.15) is 6.10 Å². The maximum Gasteiger partial charge on any atom is 0.333 e. The molecular formula is C15H21NO4. The third-order valence-corrected chi connectivity index (χ3v) is 2.85. The summed E-state index contributed by atoms with van der Waals surface area (Å²) in [5.74, 6) is -0.955. The summed E-state index contributed by atoms with van der Waals surface area (Å²) in [5, 5.41) is 12.3. The number of rotatable bonds is 6. The second kappa shape index (κ2) is 7.65. The average Bonchev–Trinajstić information content (AvgIpc) is 2.43. The van der Waals surface area contributed by atoms with Crippen LogP contribution >= 0.6 is 0 Å². The Morgan fingerprint density at radius 3 is 2.35 bits per heavy atom. The Bertz CT molecular complexity index is 444.